The normalized spacial score (nSPS) is 11.4. The molecule has 156 valence electrons. The molecule has 0 aliphatic carbocycles. The zero-order chi connectivity index (χ0) is 21.9. The van der Waals surface area contributed by atoms with Crippen molar-refractivity contribution in [2.24, 2.45) is 0 Å². The van der Waals surface area contributed by atoms with E-state index in [1.54, 1.807) is 34.6 Å². The van der Waals surface area contributed by atoms with Gasteiger partial charge < -0.3 is 5.11 Å². The van der Waals surface area contributed by atoms with Crippen LogP contribution in [0.4, 0.5) is 19.0 Å². The molecule has 0 amide bonds. The van der Waals surface area contributed by atoms with Crippen LogP contribution >= 0.6 is 35.1 Å². The van der Waals surface area contributed by atoms with Gasteiger partial charge in [0.25, 0.3) is 0 Å². The van der Waals surface area contributed by atoms with Gasteiger partial charge in [0.15, 0.2) is 5.82 Å². The Kier molecular flexibility index (Phi) is 6.80. The second-order valence-corrected chi connectivity index (χ2v) is 8.05. The summed E-state index contributed by atoms with van der Waals surface area (Å²) in [6, 6.07) is 13.9. The van der Waals surface area contributed by atoms with Crippen LogP contribution in [0, 0.1) is 0 Å². The molecule has 4 nitrogen and oxygen atoms in total. The Hall–Kier alpha value is -2.42. The van der Waals surface area contributed by atoms with Crippen LogP contribution in [-0.2, 0) is 12.7 Å². The molecule has 1 N–H and O–H groups in total. The van der Waals surface area contributed by atoms with Crippen LogP contribution in [0.2, 0.25) is 10.0 Å². The molecule has 1 aromatic heterocycles. The zero-order valence-corrected chi connectivity index (χ0v) is 17.4. The Labute approximate surface area is 184 Å². The van der Waals surface area contributed by atoms with Crippen molar-refractivity contribution >= 4 is 46.9 Å². The molecule has 0 fully saturated rings. The number of alkyl halides is 3. The van der Waals surface area contributed by atoms with Crippen molar-refractivity contribution in [2.75, 3.05) is 4.31 Å². The van der Waals surface area contributed by atoms with Gasteiger partial charge in [0.2, 0.25) is 0 Å². The average Bonchev–Trinajstić information content (AvgIpc) is 2.67. The average molecular weight is 473 g/mol. The van der Waals surface area contributed by atoms with E-state index in [2.05, 4.69) is 4.98 Å². The van der Waals surface area contributed by atoms with E-state index in [1.807, 2.05) is 6.07 Å². The topological polar surface area (TPSA) is 53.4 Å². The maximum absolute atomic E-state index is 13.0. The molecule has 3 aromatic rings. The molecule has 10 heteroatoms. The minimum atomic E-state index is -4.56. The first-order chi connectivity index (χ1) is 14.1. The van der Waals surface area contributed by atoms with Crippen molar-refractivity contribution in [2.45, 2.75) is 17.6 Å². The third-order valence-electron chi connectivity index (χ3n) is 3.92. The summed E-state index contributed by atoms with van der Waals surface area (Å²) in [5.41, 5.74) is -0.0453. The van der Waals surface area contributed by atoms with Crippen molar-refractivity contribution < 1.29 is 23.1 Å². The van der Waals surface area contributed by atoms with Crippen molar-refractivity contribution in [3.05, 3.63) is 87.5 Å². The predicted molar refractivity (Wildman–Crippen MR) is 111 cm³/mol. The number of carbonyl (C=O) groups is 1. The van der Waals surface area contributed by atoms with E-state index in [0.717, 1.165) is 29.8 Å². The molecule has 0 radical (unpaired) electrons. The van der Waals surface area contributed by atoms with Crippen LogP contribution in [0.25, 0.3) is 0 Å². The van der Waals surface area contributed by atoms with Gasteiger partial charge in [0.05, 0.1) is 22.7 Å². The van der Waals surface area contributed by atoms with Crippen LogP contribution in [0.15, 0.2) is 65.7 Å². The highest BCUT2D eigenvalue weighted by Gasteiger charge is 2.32. The lowest BCUT2D eigenvalue weighted by molar-refractivity contribution is -0.137. The highest BCUT2D eigenvalue weighted by atomic mass is 35.5. The molecular weight excluding hydrogens is 460 g/mol. The first-order valence-corrected chi connectivity index (χ1v) is 9.92. The van der Waals surface area contributed by atoms with Gasteiger partial charge in [-0.3, -0.25) is 4.31 Å². The van der Waals surface area contributed by atoms with E-state index >= 15 is 0 Å². The largest absolute Gasteiger partial charge is 0.478 e. The van der Waals surface area contributed by atoms with Crippen molar-refractivity contribution in [3.63, 3.8) is 0 Å². The SMILES string of the molecule is O=C(O)c1ccc(SN(Cc2cccc(Cl)c2)c2ncc(C(F)(F)F)cc2Cl)cc1. The third kappa shape index (κ3) is 5.59. The maximum atomic E-state index is 13.0. The first-order valence-electron chi connectivity index (χ1n) is 8.39. The third-order valence-corrected chi connectivity index (χ3v) is 5.44. The molecule has 3 rings (SSSR count). The minimum Gasteiger partial charge on any atom is -0.478 e. The van der Waals surface area contributed by atoms with Crippen molar-refractivity contribution in [3.8, 4) is 0 Å². The summed E-state index contributed by atoms with van der Waals surface area (Å²) in [7, 11) is 0. The highest BCUT2D eigenvalue weighted by Crippen LogP contribution is 2.37. The Morgan fingerprint density at radius 1 is 1.10 bits per heavy atom. The predicted octanol–water partition coefficient (Wildman–Crippen LogP) is 6.82. The summed E-state index contributed by atoms with van der Waals surface area (Å²) in [5, 5.41) is 9.38. The second kappa shape index (κ2) is 9.16. The highest BCUT2D eigenvalue weighted by molar-refractivity contribution is 8.00. The second-order valence-electron chi connectivity index (χ2n) is 6.11. The summed E-state index contributed by atoms with van der Waals surface area (Å²) in [4.78, 5) is 15.6. The molecule has 0 aliphatic rings. The molecule has 0 aliphatic heterocycles. The lowest BCUT2D eigenvalue weighted by Crippen LogP contribution is -2.17. The van der Waals surface area contributed by atoms with Crippen LogP contribution in [0.5, 0.6) is 0 Å². The molecule has 0 atom stereocenters. The Morgan fingerprint density at radius 2 is 1.80 bits per heavy atom. The summed E-state index contributed by atoms with van der Waals surface area (Å²) in [6.45, 7) is 0.240. The van der Waals surface area contributed by atoms with Gasteiger partial charge in [0, 0.05) is 16.1 Å². The van der Waals surface area contributed by atoms with E-state index in [1.165, 1.54) is 12.1 Å². The molecule has 0 spiro atoms. The lowest BCUT2D eigenvalue weighted by atomic mass is 10.2. The van der Waals surface area contributed by atoms with Gasteiger partial charge in [0.1, 0.15) is 0 Å². The standard InChI is InChI=1S/C20H13Cl2F3N2O2S/c21-15-3-1-2-12(8-15)11-27(30-16-6-4-13(5-7-16)19(28)29)18-17(22)9-14(10-26-18)20(23,24)25/h1-10H,11H2,(H,28,29). The van der Waals surface area contributed by atoms with Gasteiger partial charge in [-0.15, -0.1) is 0 Å². The van der Waals surface area contributed by atoms with Gasteiger partial charge in [-0.25, -0.2) is 9.78 Å². The van der Waals surface area contributed by atoms with Gasteiger partial charge in [-0.2, -0.15) is 13.2 Å². The molecule has 1 heterocycles. The number of aromatic carboxylic acids is 1. The van der Waals surface area contributed by atoms with Gasteiger partial charge in [-0.05, 0) is 60.0 Å². The van der Waals surface area contributed by atoms with E-state index in [-0.39, 0.29) is 22.9 Å². The molecule has 30 heavy (non-hydrogen) atoms. The number of aromatic nitrogens is 1. The van der Waals surface area contributed by atoms with E-state index in [9.17, 15) is 18.0 Å². The maximum Gasteiger partial charge on any atom is 0.417 e. The van der Waals surface area contributed by atoms with E-state index < -0.39 is 17.7 Å². The number of carboxylic acid groups (broad SMARTS) is 1. The van der Waals surface area contributed by atoms with E-state index in [4.69, 9.17) is 28.3 Å². The number of nitrogens with zero attached hydrogens (tertiary/aromatic N) is 2. The molecule has 0 unspecified atom stereocenters. The summed E-state index contributed by atoms with van der Waals surface area (Å²) < 4.78 is 40.5. The van der Waals surface area contributed by atoms with Crippen molar-refractivity contribution in [1.29, 1.82) is 0 Å². The van der Waals surface area contributed by atoms with Crippen LogP contribution in [-0.4, -0.2) is 16.1 Å². The van der Waals surface area contributed by atoms with Crippen LogP contribution in [0.1, 0.15) is 21.5 Å². The number of hydrogen-bond acceptors (Lipinski definition) is 4. The summed E-state index contributed by atoms with van der Waals surface area (Å²) in [5.74, 6) is -0.924. The first kappa shape index (κ1) is 22.3. The molecule has 2 aromatic carbocycles. The zero-order valence-electron chi connectivity index (χ0n) is 15.0. The smallest absolute Gasteiger partial charge is 0.417 e. The molecule has 0 bridgehead atoms. The molecule has 0 saturated carbocycles. The van der Waals surface area contributed by atoms with Crippen LogP contribution in [0.3, 0.4) is 0 Å². The fourth-order valence-electron chi connectivity index (χ4n) is 2.51. The number of halogens is 5. The molecule has 0 saturated heterocycles. The van der Waals surface area contributed by atoms with Gasteiger partial charge >= 0.3 is 12.1 Å². The Morgan fingerprint density at radius 3 is 2.37 bits per heavy atom. The fourth-order valence-corrected chi connectivity index (χ4v) is 4.00. The fraction of sp³-hybridized carbons (Fsp3) is 0.100. The number of pyridine rings is 1. The number of hydrogen-bond donors (Lipinski definition) is 1. The number of rotatable bonds is 6. The van der Waals surface area contributed by atoms with E-state index in [0.29, 0.717) is 9.92 Å². The molecular formula is C20H13Cl2F3N2O2S. The summed E-state index contributed by atoms with van der Waals surface area (Å²) in [6.07, 6.45) is -3.84. The minimum absolute atomic E-state index is 0.117. The van der Waals surface area contributed by atoms with Crippen LogP contribution < -0.4 is 4.31 Å². The number of anilines is 1. The van der Waals surface area contributed by atoms with Crippen molar-refractivity contribution in [1.82, 2.24) is 4.98 Å². The Balaban J connectivity index is 1.95. The Bertz CT molecular complexity index is 1060. The number of benzene rings is 2. The monoisotopic (exact) mass is 472 g/mol. The summed E-state index contributed by atoms with van der Waals surface area (Å²) >= 11 is 13.3. The quantitative estimate of drug-likeness (QED) is 0.398. The number of carboxylic acids is 1. The lowest BCUT2D eigenvalue weighted by Gasteiger charge is -2.24. The van der Waals surface area contributed by atoms with Gasteiger partial charge in [-0.1, -0.05) is 35.3 Å².